The Labute approximate surface area is 250 Å². The van der Waals surface area contributed by atoms with Crippen LogP contribution in [0.25, 0.3) is 55.3 Å². The lowest BCUT2D eigenvalue weighted by atomic mass is 9.85. The Balaban J connectivity index is 1.42. The van der Waals surface area contributed by atoms with Gasteiger partial charge in [0.1, 0.15) is 23.0 Å². The molecule has 0 amide bonds. The summed E-state index contributed by atoms with van der Waals surface area (Å²) < 4.78 is 17.3. The third-order valence-corrected chi connectivity index (χ3v) is 9.02. The average molecular weight is 561 g/mol. The maximum absolute atomic E-state index is 13.9. The number of carbonyl (C=O) groups excluding carboxylic acids is 1. The predicted molar refractivity (Wildman–Crippen MR) is 172 cm³/mol. The van der Waals surface area contributed by atoms with Gasteiger partial charge in [0.15, 0.2) is 5.78 Å². The Kier molecular flexibility index (Phi) is 5.51. The zero-order valence-corrected chi connectivity index (χ0v) is 24.4. The molecule has 0 saturated heterocycles. The topological polar surface area (TPSA) is 44.8 Å². The summed E-state index contributed by atoms with van der Waals surface area (Å²) in [5.74, 6) is 3.21. The number of hydrogen-bond acceptors (Lipinski definition) is 4. The second-order valence-electron chi connectivity index (χ2n) is 11.2. The highest BCUT2D eigenvalue weighted by molar-refractivity contribution is 6.28. The highest BCUT2D eigenvalue weighted by Crippen LogP contribution is 2.58. The number of ether oxygens (including phenoxy) is 3. The lowest BCUT2D eigenvalue weighted by Gasteiger charge is -2.18. The molecule has 0 spiro atoms. The van der Waals surface area contributed by atoms with Crippen molar-refractivity contribution in [2.24, 2.45) is 0 Å². The summed E-state index contributed by atoms with van der Waals surface area (Å²) in [4.78, 5) is 13.9. The summed E-state index contributed by atoms with van der Waals surface area (Å²) in [5.41, 5.74) is 12.7. The molecule has 4 nitrogen and oxygen atoms in total. The largest absolute Gasteiger partial charge is 0.497 e. The lowest BCUT2D eigenvalue weighted by molar-refractivity contribution is 0.104. The van der Waals surface area contributed by atoms with E-state index < -0.39 is 0 Å². The minimum atomic E-state index is 0.103. The molecule has 8 rings (SSSR count). The van der Waals surface area contributed by atoms with Crippen LogP contribution in [0.4, 0.5) is 0 Å². The number of hydrogen-bond donors (Lipinski definition) is 0. The van der Waals surface area contributed by atoms with Crippen molar-refractivity contribution >= 4 is 16.6 Å². The van der Waals surface area contributed by atoms with E-state index in [1.165, 1.54) is 5.56 Å². The van der Waals surface area contributed by atoms with Gasteiger partial charge >= 0.3 is 0 Å². The monoisotopic (exact) mass is 560 g/mol. The first-order valence-electron chi connectivity index (χ1n) is 14.4. The van der Waals surface area contributed by atoms with Gasteiger partial charge in [-0.05, 0) is 124 Å². The van der Waals surface area contributed by atoms with Crippen LogP contribution in [0.2, 0.25) is 0 Å². The van der Waals surface area contributed by atoms with E-state index in [0.29, 0.717) is 0 Å². The summed E-state index contributed by atoms with van der Waals surface area (Å²) in [6, 6.07) is 32.4. The SMILES string of the molecule is COc1ccc(Oc2ccc3c4c(c(-c5ccc(OC)cc5)ccc24)-c2c(C)c4c(c(C)c2-3)-c2ccccc2C4=O)cc1. The molecule has 0 unspecified atom stereocenters. The minimum Gasteiger partial charge on any atom is -0.497 e. The van der Waals surface area contributed by atoms with Gasteiger partial charge in [0.05, 0.1) is 14.2 Å². The molecule has 4 heteroatoms. The number of methoxy groups -OCH3 is 2. The summed E-state index contributed by atoms with van der Waals surface area (Å²) in [7, 11) is 3.34. The molecular weight excluding hydrogens is 532 g/mol. The zero-order valence-electron chi connectivity index (χ0n) is 24.4. The van der Waals surface area contributed by atoms with Crippen LogP contribution in [0.15, 0.2) is 97.1 Å². The summed E-state index contributed by atoms with van der Waals surface area (Å²) in [6.45, 7) is 4.27. The predicted octanol–water partition coefficient (Wildman–Crippen LogP) is 9.79. The smallest absolute Gasteiger partial charge is 0.194 e. The fourth-order valence-corrected chi connectivity index (χ4v) is 7.06. The van der Waals surface area contributed by atoms with Gasteiger partial charge in [-0.15, -0.1) is 0 Å². The highest BCUT2D eigenvalue weighted by atomic mass is 16.5. The number of ketones is 1. The van der Waals surface area contributed by atoms with E-state index in [1.54, 1.807) is 14.2 Å². The molecule has 6 aromatic carbocycles. The molecule has 43 heavy (non-hydrogen) atoms. The van der Waals surface area contributed by atoms with Crippen molar-refractivity contribution in [1.29, 1.82) is 0 Å². The molecule has 0 aliphatic heterocycles. The number of rotatable bonds is 5. The first-order valence-corrected chi connectivity index (χ1v) is 14.4. The van der Waals surface area contributed by atoms with Crippen molar-refractivity contribution in [3.63, 3.8) is 0 Å². The van der Waals surface area contributed by atoms with Crippen LogP contribution in [0.1, 0.15) is 27.0 Å². The third-order valence-electron chi connectivity index (χ3n) is 9.02. The highest BCUT2D eigenvalue weighted by Gasteiger charge is 2.37. The van der Waals surface area contributed by atoms with E-state index in [4.69, 9.17) is 14.2 Å². The van der Waals surface area contributed by atoms with Gasteiger partial charge in [0, 0.05) is 21.9 Å². The molecule has 0 heterocycles. The molecular formula is C39H28O4. The van der Waals surface area contributed by atoms with Crippen LogP contribution in [-0.4, -0.2) is 20.0 Å². The molecule has 0 radical (unpaired) electrons. The Bertz CT molecular complexity index is 2140. The summed E-state index contributed by atoms with van der Waals surface area (Å²) in [6.07, 6.45) is 0. The molecule has 0 bridgehead atoms. The van der Waals surface area contributed by atoms with Crippen molar-refractivity contribution in [2.45, 2.75) is 13.8 Å². The van der Waals surface area contributed by atoms with Gasteiger partial charge in [-0.3, -0.25) is 4.79 Å². The Morgan fingerprint density at radius 3 is 1.77 bits per heavy atom. The normalized spacial score (nSPS) is 12.2. The molecule has 0 N–H and O–H groups in total. The minimum absolute atomic E-state index is 0.103. The van der Waals surface area contributed by atoms with Gasteiger partial charge in [0.2, 0.25) is 0 Å². The van der Waals surface area contributed by atoms with Crippen LogP contribution in [-0.2, 0) is 0 Å². The molecule has 2 aliphatic rings. The van der Waals surface area contributed by atoms with Crippen LogP contribution in [0.3, 0.4) is 0 Å². The summed E-state index contributed by atoms with van der Waals surface area (Å²) >= 11 is 0. The maximum Gasteiger partial charge on any atom is 0.194 e. The number of carbonyl (C=O) groups is 1. The van der Waals surface area contributed by atoms with Gasteiger partial charge in [-0.25, -0.2) is 0 Å². The first-order chi connectivity index (χ1) is 21.0. The standard InChI is InChI=1S/C39H28O4/c1-21-33-28-7-5-6-8-29(28)39(40)36(33)22(2)35-34(21)31-19-20-32(43-26-15-13-25(42-4)14-16-26)30-18-17-27(38(35)37(30)31)23-9-11-24(41-3)12-10-23/h5-20H,1-4H3. The van der Waals surface area contributed by atoms with Crippen LogP contribution in [0, 0.1) is 13.8 Å². The quantitative estimate of drug-likeness (QED) is 0.210. The molecule has 0 saturated carbocycles. The second kappa shape index (κ2) is 9.33. The van der Waals surface area contributed by atoms with Crippen molar-refractivity contribution in [2.75, 3.05) is 14.2 Å². The van der Waals surface area contributed by atoms with Gasteiger partial charge in [0.25, 0.3) is 0 Å². The van der Waals surface area contributed by atoms with E-state index >= 15 is 0 Å². The molecule has 208 valence electrons. The van der Waals surface area contributed by atoms with Gasteiger partial charge in [-0.2, -0.15) is 0 Å². The Morgan fingerprint density at radius 1 is 0.488 bits per heavy atom. The third kappa shape index (κ3) is 3.53. The van der Waals surface area contributed by atoms with Crippen LogP contribution >= 0.6 is 0 Å². The zero-order chi connectivity index (χ0) is 29.4. The van der Waals surface area contributed by atoms with Gasteiger partial charge < -0.3 is 14.2 Å². The van der Waals surface area contributed by atoms with Crippen LogP contribution in [0.5, 0.6) is 23.0 Å². The molecule has 0 aromatic heterocycles. The van der Waals surface area contributed by atoms with E-state index in [1.807, 2.05) is 54.6 Å². The van der Waals surface area contributed by atoms with Crippen molar-refractivity contribution < 1.29 is 19.0 Å². The molecule has 0 atom stereocenters. The van der Waals surface area contributed by atoms with Crippen molar-refractivity contribution in [3.8, 4) is 67.5 Å². The molecule has 6 aromatic rings. The Hall–Kier alpha value is -5.35. The fourth-order valence-electron chi connectivity index (χ4n) is 7.06. The number of fused-ring (bicyclic) bond motifs is 6. The van der Waals surface area contributed by atoms with Gasteiger partial charge in [-0.1, -0.05) is 42.5 Å². The summed E-state index contributed by atoms with van der Waals surface area (Å²) in [5, 5.41) is 2.17. The van der Waals surface area contributed by atoms with Crippen molar-refractivity contribution in [1.82, 2.24) is 0 Å². The van der Waals surface area contributed by atoms with Crippen LogP contribution < -0.4 is 14.2 Å². The number of benzene rings is 6. The van der Waals surface area contributed by atoms with Crippen molar-refractivity contribution in [3.05, 3.63) is 119 Å². The average Bonchev–Trinajstić information content (AvgIpc) is 3.56. The fraction of sp³-hybridized carbons (Fsp3) is 0.103. The molecule has 0 fully saturated rings. The maximum atomic E-state index is 13.9. The van der Waals surface area contributed by atoms with E-state index in [-0.39, 0.29) is 5.78 Å². The second-order valence-corrected chi connectivity index (χ2v) is 11.2. The lowest BCUT2D eigenvalue weighted by Crippen LogP contribution is -2.02. The molecule has 2 aliphatic carbocycles. The van der Waals surface area contributed by atoms with E-state index in [2.05, 4.69) is 56.3 Å². The Morgan fingerprint density at radius 2 is 1.07 bits per heavy atom. The first kappa shape index (κ1) is 25.4. The van der Waals surface area contributed by atoms with E-state index in [0.717, 1.165) is 95.0 Å². The van der Waals surface area contributed by atoms with E-state index in [9.17, 15) is 4.79 Å².